The Hall–Kier alpha value is -3.19. The smallest absolute Gasteiger partial charge is 0.295 e. The number of methoxy groups -OCH3 is 2. The van der Waals surface area contributed by atoms with Gasteiger partial charge in [0.15, 0.2) is 0 Å². The van der Waals surface area contributed by atoms with Gasteiger partial charge in [0.2, 0.25) is 0 Å². The lowest BCUT2D eigenvalue weighted by Gasteiger charge is -2.25. The summed E-state index contributed by atoms with van der Waals surface area (Å²) >= 11 is 6.24. The molecular formula is C23H24ClNO6. The number of Topliss-reactive ketones (excluding diaryl/α,β-unsaturated/α-hetero) is 1. The number of aliphatic hydroxyl groups excluding tert-OH is 1. The number of likely N-dealkylation sites (tertiary alicyclic amines) is 1. The van der Waals surface area contributed by atoms with Gasteiger partial charge in [-0.25, -0.2) is 0 Å². The topological polar surface area (TPSA) is 96.3 Å². The number of rotatable bonds is 7. The van der Waals surface area contributed by atoms with Crippen molar-refractivity contribution >= 4 is 29.1 Å². The van der Waals surface area contributed by atoms with Crippen LogP contribution in [0, 0.1) is 0 Å². The number of hydrogen-bond donors (Lipinski definition) is 2. The fraction of sp³-hybridized carbons (Fsp3) is 0.304. The van der Waals surface area contributed by atoms with Crippen LogP contribution >= 0.6 is 11.6 Å². The first-order valence-corrected chi connectivity index (χ1v) is 10.2. The summed E-state index contributed by atoms with van der Waals surface area (Å²) in [7, 11) is 2.86. The lowest BCUT2D eigenvalue weighted by atomic mass is 9.94. The summed E-state index contributed by atoms with van der Waals surface area (Å²) < 4.78 is 10.5. The molecule has 8 heteroatoms. The number of hydrogen-bond acceptors (Lipinski definition) is 6. The van der Waals surface area contributed by atoms with Gasteiger partial charge in [-0.05, 0) is 30.2 Å². The molecule has 1 fully saturated rings. The van der Waals surface area contributed by atoms with Gasteiger partial charge in [0.05, 0.1) is 36.4 Å². The monoisotopic (exact) mass is 445 g/mol. The maximum Gasteiger partial charge on any atom is 0.295 e. The van der Waals surface area contributed by atoms with E-state index in [9.17, 15) is 19.8 Å². The molecule has 164 valence electrons. The molecule has 31 heavy (non-hydrogen) atoms. The Balaban J connectivity index is 2.23. The molecule has 0 spiro atoms. The van der Waals surface area contributed by atoms with Crippen LogP contribution in [0.15, 0.2) is 42.0 Å². The van der Waals surface area contributed by atoms with E-state index in [-0.39, 0.29) is 27.7 Å². The second-order valence-corrected chi connectivity index (χ2v) is 7.53. The first kappa shape index (κ1) is 22.5. The third-order valence-electron chi connectivity index (χ3n) is 5.23. The SMILES string of the molecule is CCCCN1C(=O)C(=O)/C(=C(/O)c2cc(Cl)c(OC)cc2OC)C1c1ccc(O)cc1. The van der Waals surface area contributed by atoms with Crippen LogP contribution < -0.4 is 9.47 Å². The average Bonchev–Trinajstić information content (AvgIpc) is 3.02. The summed E-state index contributed by atoms with van der Waals surface area (Å²) in [6.07, 6.45) is 1.52. The molecule has 1 atom stereocenters. The van der Waals surface area contributed by atoms with E-state index in [4.69, 9.17) is 21.1 Å². The number of carbonyl (C=O) groups excluding carboxylic acids is 2. The van der Waals surface area contributed by atoms with Crippen LogP contribution in [-0.2, 0) is 9.59 Å². The number of unbranched alkanes of at least 4 members (excludes halogenated alkanes) is 1. The summed E-state index contributed by atoms with van der Waals surface area (Å²) in [5.41, 5.74) is 0.699. The molecule has 1 unspecified atom stereocenters. The maximum atomic E-state index is 13.0. The first-order valence-electron chi connectivity index (χ1n) is 9.83. The van der Waals surface area contributed by atoms with Gasteiger partial charge in [-0.2, -0.15) is 0 Å². The van der Waals surface area contributed by atoms with Crippen LogP contribution in [0.5, 0.6) is 17.2 Å². The lowest BCUT2D eigenvalue weighted by molar-refractivity contribution is -0.139. The zero-order valence-electron chi connectivity index (χ0n) is 17.5. The molecule has 0 radical (unpaired) electrons. The van der Waals surface area contributed by atoms with E-state index in [2.05, 4.69) is 0 Å². The standard InChI is InChI=1S/C23H24ClNO6/c1-4-5-10-25-20(13-6-8-14(26)9-7-13)19(22(28)23(25)29)21(27)15-11-16(24)18(31-3)12-17(15)30-2/h6-9,11-12,20,26-27H,4-5,10H2,1-3H3/b21-19+. The number of phenols is 1. The maximum absolute atomic E-state index is 13.0. The van der Waals surface area contributed by atoms with Crippen molar-refractivity contribution in [1.29, 1.82) is 0 Å². The summed E-state index contributed by atoms with van der Waals surface area (Å²) in [6, 6.07) is 8.31. The number of carbonyl (C=O) groups is 2. The van der Waals surface area contributed by atoms with E-state index in [1.165, 1.54) is 43.4 Å². The number of amides is 1. The van der Waals surface area contributed by atoms with E-state index in [1.807, 2.05) is 6.92 Å². The van der Waals surface area contributed by atoms with Gasteiger partial charge in [0.1, 0.15) is 23.0 Å². The van der Waals surface area contributed by atoms with E-state index in [0.717, 1.165) is 6.42 Å². The van der Waals surface area contributed by atoms with Gasteiger partial charge in [-0.1, -0.05) is 37.1 Å². The van der Waals surface area contributed by atoms with Gasteiger partial charge in [0, 0.05) is 12.6 Å². The molecule has 2 N–H and O–H groups in total. The molecule has 2 aromatic rings. The Morgan fingerprint density at radius 1 is 1.10 bits per heavy atom. The van der Waals surface area contributed by atoms with E-state index >= 15 is 0 Å². The van der Waals surface area contributed by atoms with Crippen molar-refractivity contribution < 1.29 is 29.3 Å². The highest BCUT2D eigenvalue weighted by Gasteiger charge is 2.46. The zero-order chi connectivity index (χ0) is 22.7. The predicted octanol–water partition coefficient (Wildman–Crippen LogP) is 4.28. The molecule has 0 aliphatic carbocycles. The van der Waals surface area contributed by atoms with Crippen LogP contribution in [0.1, 0.15) is 36.9 Å². The minimum Gasteiger partial charge on any atom is -0.508 e. The summed E-state index contributed by atoms with van der Waals surface area (Å²) in [6.45, 7) is 2.33. The number of halogens is 1. The van der Waals surface area contributed by atoms with Crippen molar-refractivity contribution in [3.63, 3.8) is 0 Å². The van der Waals surface area contributed by atoms with Gasteiger partial charge in [-0.15, -0.1) is 0 Å². The van der Waals surface area contributed by atoms with Crippen molar-refractivity contribution in [3.05, 3.63) is 58.1 Å². The molecule has 1 amide bonds. The van der Waals surface area contributed by atoms with Gasteiger partial charge < -0.3 is 24.6 Å². The normalized spacial score (nSPS) is 17.8. The third kappa shape index (κ3) is 4.18. The molecule has 2 aromatic carbocycles. The number of aliphatic hydroxyl groups is 1. The molecule has 0 saturated carbocycles. The second kappa shape index (κ2) is 9.31. The lowest BCUT2D eigenvalue weighted by Crippen LogP contribution is -2.30. The minimum absolute atomic E-state index is 0.0536. The Morgan fingerprint density at radius 2 is 1.74 bits per heavy atom. The van der Waals surface area contributed by atoms with Crippen molar-refractivity contribution in [2.75, 3.05) is 20.8 Å². The highest BCUT2D eigenvalue weighted by molar-refractivity contribution is 6.46. The molecule has 1 aliphatic heterocycles. The molecular weight excluding hydrogens is 422 g/mol. The zero-order valence-corrected chi connectivity index (χ0v) is 18.3. The van der Waals surface area contributed by atoms with Crippen LogP contribution in [-0.4, -0.2) is 47.6 Å². The molecule has 1 heterocycles. The van der Waals surface area contributed by atoms with Crippen LogP contribution in [0.4, 0.5) is 0 Å². The highest BCUT2D eigenvalue weighted by Crippen LogP contribution is 2.43. The average molecular weight is 446 g/mol. The van der Waals surface area contributed by atoms with Crippen molar-refractivity contribution in [2.24, 2.45) is 0 Å². The van der Waals surface area contributed by atoms with Crippen LogP contribution in [0.3, 0.4) is 0 Å². The van der Waals surface area contributed by atoms with Crippen LogP contribution in [0.2, 0.25) is 5.02 Å². The summed E-state index contributed by atoms with van der Waals surface area (Å²) in [5, 5.41) is 21.1. The molecule has 7 nitrogen and oxygen atoms in total. The van der Waals surface area contributed by atoms with Crippen molar-refractivity contribution in [3.8, 4) is 17.2 Å². The Bertz CT molecular complexity index is 1030. The molecule has 0 bridgehead atoms. The molecule has 3 rings (SSSR count). The second-order valence-electron chi connectivity index (χ2n) is 7.12. The van der Waals surface area contributed by atoms with Crippen LogP contribution in [0.25, 0.3) is 5.76 Å². The number of ketones is 1. The Morgan fingerprint density at radius 3 is 2.32 bits per heavy atom. The van der Waals surface area contributed by atoms with Gasteiger partial charge in [0.25, 0.3) is 11.7 Å². The number of aromatic hydroxyl groups is 1. The number of nitrogens with zero attached hydrogens (tertiary/aromatic N) is 1. The van der Waals surface area contributed by atoms with E-state index < -0.39 is 23.5 Å². The highest BCUT2D eigenvalue weighted by atomic mass is 35.5. The fourth-order valence-corrected chi connectivity index (χ4v) is 3.87. The van der Waals surface area contributed by atoms with E-state index in [1.54, 1.807) is 12.1 Å². The van der Waals surface area contributed by atoms with Crippen molar-refractivity contribution in [2.45, 2.75) is 25.8 Å². The number of phenolic OH excluding ortho intramolecular Hbond substituents is 1. The summed E-state index contributed by atoms with van der Waals surface area (Å²) in [5.74, 6) is -1.24. The number of ether oxygens (including phenoxy) is 2. The van der Waals surface area contributed by atoms with Gasteiger partial charge >= 0.3 is 0 Å². The van der Waals surface area contributed by atoms with Gasteiger partial charge in [-0.3, -0.25) is 9.59 Å². The van der Waals surface area contributed by atoms with Crippen molar-refractivity contribution in [1.82, 2.24) is 4.90 Å². The number of benzene rings is 2. The quantitative estimate of drug-likeness (QED) is 0.375. The Labute approximate surface area is 185 Å². The fourth-order valence-electron chi connectivity index (χ4n) is 3.63. The third-order valence-corrected chi connectivity index (χ3v) is 5.53. The first-order chi connectivity index (χ1) is 14.8. The van der Waals surface area contributed by atoms with E-state index in [0.29, 0.717) is 24.3 Å². The summed E-state index contributed by atoms with van der Waals surface area (Å²) in [4.78, 5) is 27.3. The molecule has 1 saturated heterocycles. The minimum atomic E-state index is -0.808. The Kier molecular flexibility index (Phi) is 6.75. The molecule has 0 aromatic heterocycles. The largest absolute Gasteiger partial charge is 0.508 e. The molecule has 1 aliphatic rings. The predicted molar refractivity (Wildman–Crippen MR) is 117 cm³/mol.